The number of hydrogen-bond donors (Lipinski definition) is 1. The van der Waals surface area contributed by atoms with Crippen molar-refractivity contribution in [3.05, 3.63) is 40.2 Å². The normalized spacial score (nSPS) is 12.6. The van der Waals surface area contributed by atoms with Crippen LogP contribution in [0.5, 0.6) is 0 Å². The quantitative estimate of drug-likeness (QED) is 0.809. The predicted octanol–water partition coefficient (Wildman–Crippen LogP) is 4.21. The highest BCUT2D eigenvalue weighted by Crippen LogP contribution is 2.30. The van der Waals surface area contributed by atoms with Crippen molar-refractivity contribution in [3.8, 4) is 0 Å². The number of thioether (sulfide) groups is 1. The fraction of sp³-hybridized carbons (Fsp3) is 0.500. The zero-order valence-electron chi connectivity index (χ0n) is 13.4. The molecule has 2 aromatic rings. The summed E-state index contributed by atoms with van der Waals surface area (Å²) in [7, 11) is 0. The minimum atomic E-state index is 0.352. The Morgan fingerprint density at radius 3 is 2.38 bits per heavy atom. The first-order valence-electron chi connectivity index (χ1n) is 7.25. The Balaban J connectivity index is 2.18. The summed E-state index contributed by atoms with van der Waals surface area (Å²) in [5.41, 5.74) is 5.49. The van der Waals surface area contributed by atoms with Gasteiger partial charge in [0.2, 0.25) is 0 Å². The molecule has 0 aliphatic carbocycles. The van der Waals surface area contributed by atoms with Gasteiger partial charge in [0.05, 0.1) is 0 Å². The molecule has 1 heterocycles. The van der Waals surface area contributed by atoms with Crippen LogP contribution in [0.3, 0.4) is 0 Å². The molecule has 2 rings (SSSR count). The van der Waals surface area contributed by atoms with Gasteiger partial charge in [0.25, 0.3) is 0 Å². The summed E-state index contributed by atoms with van der Waals surface area (Å²) in [6.07, 6.45) is 0. The van der Waals surface area contributed by atoms with Crippen LogP contribution in [-0.4, -0.2) is 21.7 Å². The Morgan fingerprint density at radius 2 is 1.86 bits per heavy atom. The van der Waals surface area contributed by atoms with Crippen LogP contribution in [0.2, 0.25) is 0 Å². The maximum Gasteiger partial charge on any atom is 0.170 e. The zero-order valence-corrected chi connectivity index (χ0v) is 15.0. The Morgan fingerprint density at radius 1 is 1.19 bits per heavy atom. The van der Waals surface area contributed by atoms with Crippen molar-refractivity contribution in [1.29, 1.82) is 0 Å². The Labute approximate surface area is 135 Å². The van der Waals surface area contributed by atoms with Crippen molar-refractivity contribution in [2.24, 2.45) is 0 Å². The van der Waals surface area contributed by atoms with Gasteiger partial charge in [-0.25, -0.2) is 4.98 Å². The molecule has 0 saturated carbocycles. The van der Waals surface area contributed by atoms with Gasteiger partial charge < -0.3 is 5.32 Å². The van der Waals surface area contributed by atoms with E-state index in [4.69, 9.17) is 0 Å². The van der Waals surface area contributed by atoms with Crippen molar-refractivity contribution in [1.82, 2.24) is 14.7 Å². The van der Waals surface area contributed by atoms with Crippen LogP contribution in [0.4, 0.5) is 0 Å². The lowest BCUT2D eigenvalue weighted by Gasteiger charge is -2.22. The molecule has 1 aromatic heterocycles. The van der Waals surface area contributed by atoms with Crippen molar-refractivity contribution in [2.75, 3.05) is 12.3 Å². The molecular weight excluding hydrogens is 298 g/mol. The molecule has 0 saturated heterocycles. The van der Waals surface area contributed by atoms with E-state index >= 15 is 0 Å². The molecule has 0 aliphatic heterocycles. The monoisotopic (exact) mass is 321 g/mol. The summed E-state index contributed by atoms with van der Waals surface area (Å²) in [4.78, 5) is 4.44. The predicted molar refractivity (Wildman–Crippen MR) is 92.4 cm³/mol. The molecule has 0 spiro atoms. The van der Waals surface area contributed by atoms with Gasteiger partial charge >= 0.3 is 0 Å². The zero-order chi connectivity index (χ0) is 15.4. The summed E-state index contributed by atoms with van der Waals surface area (Å²) in [5.74, 6) is 1.85. The van der Waals surface area contributed by atoms with Crippen LogP contribution >= 0.6 is 23.3 Å². The SMILES string of the molecule is CCNC(CSc1nc(C)ns1)c1c(C)cc(C)cc1C. The third kappa shape index (κ3) is 4.28. The van der Waals surface area contributed by atoms with E-state index in [-0.39, 0.29) is 0 Å². The molecule has 0 fully saturated rings. The van der Waals surface area contributed by atoms with Gasteiger partial charge in [0.1, 0.15) is 5.82 Å². The van der Waals surface area contributed by atoms with E-state index in [0.29, 0.717) is 6.04 Å². The van der Waals surface area contributed by atoms with E-state index in [1.807, 2.05) is 6.92 Å². The second kappa shape index (κ2) is 7.38. The molecule has 0 bridgehead atoms. The summed E-state index contributed by atoms with van der Waals surface area (Å²) in [5, 5.41) is 3.61. The summed E-state index contributed by atoms with van der Waals surface area (Å²) in [6.45, 7) is 11.6. The van der Waals surface area contributed by atoms with Gasteiger partial charge in [-0.3, -0.25) is 0 Å². The standard InChI is InChI=1S/C16H23N3S2/c1-6-17-14(9-20-16-18-13(5)19-21-16)15-11(3)7-10(2)8-12(15)4/h7-8,14,17H,6,9H2,1-5H3. The molecule has 0 amide bonds. The van der Waals surface area contributed by atoms with Crippen LogP contribution < -0.4 is 5.32 Å². The number of hydrogen-bond acceptors (Lipinski definition) is 5. The fourth-order valence-electron chi connectivity index (χ4n) is 2.72. The van der Waals surface area contributed by atoms with Crippen molar-refractivity contribution >= 4 is 23.3 Å². The molecule has 1 aromatic carbocycles. The number of aryl methyl sites for hydroxylation is 4. The fourth-order valence-corrected chi connectivity index (χ4v) is 4.46. The molecule has 1 unspecified atom stereocenters. The lowest BCUT2D eigenvalue weighted by atomic mass is 9.95. The maximum atomic E-state index is 4.44. The lowest BCUT2D eigenvalue weighted by molar-refractivity contribution is 0.600. The molecule has 0 aliphatic rings. The first kappa shape index (κ1) is 16.5. The molecule has 3 nitrogen and oxygen atoms in total. The largest absolute Gasteiger partial charge is 0.309 e. The van der Waals surface area contributed by atoms with Crippen LogP contribution in [0.1, 0.15) is 41.0 Å². The number of rotatable bonds is 6. The molecule has 1 N–H and O–H groups in total. The number of benzene rings is 1. The van der Waals surface area contributed by atoms with Crippen LogP contribution in [0.15, 0.2) is 16.5 Å². The van der Waals surface area contributed by atoms with Crippen LogP contribution in [-0.2, 0) is 0 Å². The number of nitrogens with zero attached hydrogens (tertiary/aromatic N) is 2. The van der Waals surface area contributed by atoms with E-state index in [0.717, 1.165) is 22.5 Å². The van der Waals surface area contributed by atoms with E-state index in [2.05, 4.69) is 54.5 Å². The highest BCUT2D eigenvalue weighted by molar-refractivity contribution is 8.00. The third-order valence-electron chi connectivity index (χ3n) is 3.42. The first-order valence-corrected chi connectivity index (χ1v) is 9.01. The third-order valence-corrected chi connectivity index (χ3v) is 5.44. The highest BCUT2D eigenvalue weighted by atomic mass is 32.2. The van der Waals surface area contributed by atoms with E-state index in [1.54, 1.807) is 11.8 Å². The molecular formula is C16H23N3S2. The molecule has 5 heteroatoms. The number of aromatic nitrogens is 2. The second-order valence-corrected chi connectivity index (χ2v) is 7.36. The number of nitrogens with one attached hydrogen (secondary N) is 1. The highest BCUT2D eigenvalue weighted by Gasteiger charge is 2.17. The average Bonchev–Trinajstić information content (AvgIpc) is 2.80. The Bertz CT molecular complexity index is 584. The van der Waals surface area contributed by atoms with Crippen molar-refractivity contribution in [2.45, 2.75) is 45.0 Å². The van der Waals surface area contributed by atoms with Gasteiger partial charge in [0.15, 0.2) is 4.34 Å². The van der Waals surface area contributed by atoms with Gasteiger partial charge in [-0.05, 0) is 62.5 Å². The molecule has 0 radical (unpaired) electrons. The Hall–Kier alpha value is -0.910. The maximum absolute atomic E-state index is 4.44. The second-order valence-electron chi connectivity index (χ2n) is 5.34. The van der Waals surface area contributed by atoms with E-state index < -0.39 is 0 Å². The summed E-state index contributed by atoms with van der Waals surface area (Å²) >= 11 is 3.28. The van der Waals surface area contributed by atoms with E-state index in [9.17, 15) is 0 Å². The lowest BCUT2D eigenvalue weighted by Crippen LogP contribution is -2.24. The van der Waals surface area contributed by atoms with Gasteiger partial charge in [-0.2, -0.15) is 4.37 Å². The molecule has 114 valence electrons. The van der Waals surface area contributed by atoms with Gasteiger partial charge in [-0.1, -0.05) is 36.4 Å². The van der Waals surface area contributed by atoms with Crippen LogP contribution in [0, 0.1) is 27.7 Å². The van der Waals surface area contributed by atoms with E-state index in [1.165, 1.54) is 33.8 Å². The first-order chi connectivity index (χ1) is 10.0. The molecule has 21 heavy (non-hydrogen) atoms. The minimum absolute atomic E-state index is 0.352. The average molecular weight is 322 g/mol. The van der Waals surface area contributed by atoms with Crippen LogP contribution in [0.25, 0.3) is 0 Å². The van der Waals surface area contributed by atoms with Crippen molar-refractivity contribution < 1.29 is 0 Å². The van der Waals surface area contributed by atoms with Crippen molar-refractivity contribution in [3.63, 3.8) is 0 Å². The Kier molecular flexibility index (Phi) is 5.79. The van der Waals surface area contributed by atoms with Gasteiger partial charge in [-0.15, -0.1) is 0 Å². The summed E-state index contributed by atoms with van der Waals surface area (Å²) in [6, 6.07) is 4.89. The smallest absolute Gasteiger partial charge is 0.170 e. The molecule has 1 atom stereocenters. The summed E-state index contributed by atoms with van der Waals surface area (Å²) < 4.78 is 5.30. The topological polar surface area (TPSA) is 37.8 Å². The van der Waals surface area contributed by atoms with Gasteiger partial charge in [0, 0.05) is 11.8 Å². The minimum Gasteiger partial charge on any atom is -0.309 e.